The maximum atomic E-state index is 3.82. The molecule has 1 aromatic heterocycles. The van der Waals surface area contributed by atoms with Crippen molar-refractivity contribution in [3.05, 3.63) is 69.8 Å². The molecule has 0 bridgehead atoms. The summed E-state index contributed by atoms with van der Waals surface area (Å²) in [5, 5.41) is 5.20. The van der Waals surface area contributed by atoms with E-state index in [1.807, 2.05) is 0 Å². The molecule has 0 saturated heterocycles. The standard InChI is InChI=1S/C20H21BrN2/c1-13(14-6-3-2-4-7-14)22-18-9-5-8-17-16-11-10-15(21)12-19(16)23-20(17)18/h2-4,6-7,10-13,18,22-23H,5,8-9H2,1H3. The molecule has 0 spiro atoms. The van der Waals surface area contributed by atoms with E-state index < -0.39 is 0 Å². The van der Waals surface area contributed by atoms with Gasteiger partial charge in [0.2, 0.25) is 0 Å². The first kappa shape index (κ1) is 15.0. The van der Waals surface area contributed by atoms with Crippen LogP contribution in [-0.4, -0.2) is 4.98 Å². The summed E-state index contributed by atoms with van der Waals surface area (Å²) >= 11 is 3.58. The van der Waals surface area contributed by atoms with Gasteiger partial charge >= 0.3 is 0 Å². The van der Waals surface area contributed by atoms with E-state index in [2.05, 4.69) is 81.7 Å². The van der Waals surface area contributed by atoms with E-state index in [0.717, 1.165) is 4.47 Å². The summed E-state index contributed by atoms with van der Waals surface area (Å²) in [6.45, 7) is 2.25. The average Bonchev–Trinajstić information content (AvgIpc) is 2.94. The molecule has 1 aliphatic carbocycles. The highest BCUT2D eigenvalue weighted by Crippen LogP contribution is 2.36. The normalized spacial score (nSPS) is 18.8. The Hall–Kier alpha value is -1.58. The van der Waals surface area contributed by atoms with Crippen LogP contribution in [0.2, 0.25) is 0 Å². The fraction of sp³-hybridized carbons (Fsp3) is 0.300. The zero-order valence-electron chi connectivity index (χ0n) is 13.3. The van der Waals surface area contributed by atoms with E-state index in [9.17, 15) is 0 Å². The van der Waals surface area contributed by atoms with Gasteiger partial charge in [0.15, 0.2) is 0 Å². The zero-order valence-corrected chi connectivity index (χ0v) is 14.9. The lowest BCUT2D eigenvalue weighted by Crippen LogP contribution is -2.27. The molecule has 2 unspecified atom stereocenters. The molecule has 3 aromatic rings. The van der Waals surface area contributed by atoms with Crippen molar-refractivity contribution in [1.82, 2.24) is 10.3 Å². The van der Waals surface area contributed by atoms with Crippen LogP contribution < -0.4 is 5.32 Å². The van der Waals surface area contributed by atoms with Crippen LogP contribution in [0.4, 0.5) is 0 Å². The van der Waals surface area contributed by atoms with Crippen molar-refractivity contribution in [3.8, 4) is 0 Å². The predicted molar refractivity (Wildman–Crippen MR) is 99.7 cm³/mol. The number of aromatic amines is 1. The van der Waals surface area contributed by atoms with Crippen molar-refractivity contribution in [2.45, 2.75) is 38.3 Å². The molecule has 2 atom stereocenters. The van der Waals surface area contributed by atoms with Crippen LogP contribution in [0.1, 0.15) is 48.7 Å². The third kappa shape index (κ3) is 2.84. The molecule has 0 radical (unpaired) electrons. The van der Waals surface area contributed by atoms with E-state index in [-0.39, 0.29) is 0 Å². The summed E-state index contributed by atoms with van der Waals surface area (Å²) in [5.41, 5.74) is 5.47. The van der Waals surface area contributed by atoms with Gasteiger partial charge in [-0.25, -0.2) is 0 Å². The molecule has 2 N–H and O–H groups in total. The zero-order chi connectivity index (χ0) is 15.8. The van der Waals surface area contributed by atoms with Gasteiger partial charge in [0.25, 0.3) is 0 Å². The van der Waals surface area contributed by atoms with Crippen LogP contribution in [0.25, 0.3) is 10.9 Å². The fourth-order valence-electron chi connectivity index (χ4n) is 3.75. The van der Waals surface area contributed by atoms with E-state index in [1.165, 1.54) is 47.0 Å². The van der Waals surface area contributed by atoms with Gasteiger partial charge < -0.3 is 10.3 Å². The van der Waals surface area contributed by atoms with Gasteiger partial charge in [0.1, 0.15) is 0 Å². The second-order valence-electron chi connectivity index (χ2n) is 6.45. The van der Waals surface area contributed by atoms with Crippen LogP contribution in [-0.2, 0) is 6.42 Å². The molecule has 2 aromatic carbocycles. The molecule has 118 valence electrons. The van der Waals surface area contributed by atoms with Crippen LogP contribution in [0.5, 0.6) is 0 Å². The van der Waals surface area contributed by atoms with Crippen molar-refractivity contribution in [2.24, 2.45) is 0 Å². The van der Waals surface area contributed by atoms with Gasteiger partial charge in [-0.2, -0.15) is 0 Å². The van der Waals surface area contributed by atoms with Gasteiger partial charge in [-0.1, -0.05) is 52.3 Å². The number of H-pyrrole nitrogens is 1. The highest BCUT2D eigenvalue weighted by molar-refractivity contribution is 9.10. The molecule has 23 heavy (non-hydrogen) atoms. The minimum atomic E-state index is 0.352. The molecule has 0 amide bonds. The molecular weight excluding hydrogens is 348 g/mol. The molecule has 4 rings (SSSR count). The maximum absolute atomic E-state index is 3.82. The van der Waals surface area contributed by atoms with Crippen molar-refractivity contribution in [1.29, 1.82) is 0 Å². The SMILES string of the molecule is CC(NC1CCCc2c1[nH]c1cc(Br)ccc21)c1ccccc1. The number of aryl methyl sites for hydroxylation is 1. The number of halogens is 1. The number of benzene rings is 2. The van der Waals surface area contributed by atoms with Crippen LogP contribution in [0.3, 0.4) is 0 Å². The number of hydrogen-bond acceptors (Lipinski definition) is 1. The third-order valence-corrected chi connectivity index (χ3v) is 5.41. The quantitative estimate of drug-likeness (QED) is 0.613. The van der Waals surface area contributed by atoms with Crippen molar-refractivity contribution < 1.29 is 0 Å². The van der Waals surface area contributed by atoms with Crippen molar-refractivity contribution >= 4 is 26.8 Å². The monoisotopic (exact) mass is 368 g/mol. The molecule has 0 saturated carbocycles. The predicted octanol–water partition coefficient (Wildman–Crippen LogP) is 5.66. The minimum Gasteiger partial charge on any atom is -0.357 e. The Morgan fingerprint density at radius 2 is 2.00 bits per heavy atom. The molecule has 0 aliphatic heterocycles. The molecule has 3 heteroatoms. The highest BCUT2D eigenvalue weighted by atomic mass is 79.9. The molecule has 2 nitrogen and oxygen atoms in total. The third-order valence-electron chi connectivity index (χ3n) is 4.92. The number of fused-ring (bicyclic) bond motifs is 3. The Morgan fingerprint density at radius 3 is 2.83 bits per heavy atom. The van der Waals surface area contributed by atoms with Crippen molar-refractivity contribution in [3.63, 3.8) is 0 Å². The summed E-state index contributed by atoms with van der Waals surface area (Å²) in [6.07, 6.45) is 3.61. The van der Waals surface area contributed by atoms with Gasteiger partial charge in [0, 0.05) is 33.2 Å². The van der Waals surface area contributed by atoms with Gasteiger partial charge in [0.05, 0.1) is 0 Å². The molecule has 1 aliphatic rings. The minimum absolute atomic E-state index is 0.352. The van der Waals surface area contributed by atoms with E-state index in [1.54, 1.807) is 0 Å². The van der Waals surface area contributed by atoms with Crippen LogP contribution >= 0.6 is 15.9 Å². The number of hydrogen-bond donors (Lipinski definition) is 2. The maximum Gasteiger partial charge on any atom is 0.0480 e. The number of rotatable bonds is 3. The molecule has 1 heterocycles. The summed E-state index contributed by atoms with van der Waals surface area (Å²) in [6, 6.07) is 18.0. The lowest BCUT2D eigenvalue weighted by molar-refractivity contribution is 0.410. The Labute approximate surface area is 145 Å². The average molecular weight is 369 g/mol. The van der Waals surface area contributed by atoms with Gasteiger partial charge in [-0.15, -0.1) is 0 Å². The first-order valence-corrected chi connectivity index (χ1v) is 9.12. The van der Waals surface area contributed by atoms with E-state index in [0.29, 0.717) is 12.1 Å². The summed E-state index contributed by atoms with van der Waals surface area (Å²) in [7, 11) is 0. The summed E-state index contributed by atoms with van der Waals surface area (Å²) in [5.74, 6) is 0. The molecular formula is C20H21BrN2. The second kappa shape index (κ2) is 6.14. The van der Waals surface area contributed by atoms with Gasteiger partial charge in [-0.05, 0) is 49.4 Å². The highest BCUT2D eigenvalue weighted by Gasteiger charge is 2.25. The second-order valence-corrected chi connectivity index (χ2v) is 7.37. The molecule has 0 fully saturated rings. The van der Waals surface area contributed by atoms with E-state index in [4.69, 9.17) is 0 Å². The number of aromatic nitrogens is 1. The Bertz CT molecular complexity index is 822. The topological polar surface area (TPSA) is 27.8 Å². The van der Waals surface area contributed by atoms with Crippen molar-refractivity contribution in [2.75, 3.05) is 0 Å². The number of nitrogens with one attached hydrogen (secondary N) is 2. The first-order chi connectivity index (χ1) is 11.2. The summed E-state index contributed by atoms with van der Waals surface area (Å²) < 4.78 is 1.13. The Morgan fingerprint density at radius 1 is 1.17 bits per heavy atom. The lowest BCUT2D eigenvalue weighted by atomic mass is 9.91. The first-order valence-electron chi connectivity index (χ1n) is 8.33. The lowest BCUT2D eigenvalue weighted by Gasteiger charge is -2.27. The summed E-state index contributed by atoms with van der Waals surface area (Å²) in [4.78, 5) is 3.67. The smallest absolute Gasteiger partial charge is 0.0480 e. The van der Waals surface area contributed by atoms with Gasteiger partial charge in [-0.3, -0.25) is 0 Å². The Balaban J connectivity index is 1.66. The largest absolute Gasteiger partial charge is 0.357 e. The fourth-order valence-corrected chi connectivity index (χ4v) is 4.11. The van der Waals surface area contributed by atoms with E-state index >= 15 is 0 Å². The van der Waals surface area contributed by atoms with Crippen LogP contribution in [0.15, 0.2) is 53.0 Å². The Kier molecular flexibility index (Phi) is 4.00. The van der Waals surface area contributed by atoms with Crippen LogP contribution in [0, 0.1) is 0 Å².